The van der Waals surface area contributed by atoms with Crippen LogP contribution >= 0.6 is 22.6 Å². The number of ether oxygens (including phenoxy) is 1. The standard InChI is InChI=1S/C11H15IN2O3/c12-9-7-14(11(16)13-10(9)15)5-1-3-8-4-2-6-17-8/h7-8H,1-6H2,(H,13,15,16). The normalized spacial score (nSPS) is 19.7. The molecule has 1 aliphatic heterocycles. The number of rotatable bonds is 4. The molecule has 94 valence electrons. The third-order valence-electron chi connectivity index (χ3n) is 2.92. The number of aromatic amines is 1. The molecule has 0 spiro atoms. The summed E-state index contributed by atoms with van der Waals surface area (Å²) in [5.41, 5.74) is -0.645. The SMILES string of the molecule is O=c1[nH]c(=O)n(CCCC2CCCO2)cc1I. The Labute approximate surface area is 112 Å². The van der Waals surface area contributed by atoms with Crippen LogP contribution in [0.3, 0.4) is 0 Å². The van der Waals surface area contributed by atoms with Gasteiger partial charge in [0.25, 0.3) is 5.56 Å². The zero-order chi connectivity index (χ0) is 12.3. The molecular weight excluding hydrogens is 335 g/mol. The fourth-order valence-electron chi connectivity index (χ4n) is 2.01. The van der Waals surface area contributed by atoms with Crippen LogP contribution in [0.2, 0.25) is 0 Å². The smallest absolute Gasteiger partial charge is 0.328 e. The van der Waals surface area contributed by atoms with Crippen molar-refractivity contribution in [3.8, 4) is 0 Å². The summed E-state index contributed by atoms with van der Waals surface area (Å²) in [6.07, 6.45) is 6.10. The van der Waals surface area contributed by atoms with Gasteiger partial charge in [-0.05, 0) is 48.3 Å². The number of aromatic nitrogens is 2. The zero-order valence-corrected chi connectivity index (χ0v) is 11.6. The summed E-state index contributed by atoms with van der Waals surface area (Å²) < 4.78 is 7.61. The van der Waals surface area contributed by atoms with E-state index < -0.39 is 0 Å². The highest BCUT2D eigenvalue weighted by Gasteiger charge is 2.14. The number of hydrogen-bond acceptors (Lipinski definition) is 3. The van der Waals surface area contributed by atoms with E-state index in [0.29, 0.717) is 16.2 Å². The minimum atomic E-state index is -0.331. The van der Waals surface area contributed by atoms with Gasteiger partial charge in [0.1, 0.15) is 0 Å². The van der Waals surface area contributed by atoms with Crippen LogP contribution in [0.1, 0.15) is 25.7 Å². The highest BCUT2D eigenvalue weighted by atomic mass is 127. The number of hydrogen-bond donors (Lipinski definition) is 1. The molecule has 1 N–H and O–H groups in total. The van der Waals surface area contributed by atoms with E-state index in [4.69, 9.17) is 4.74 Å². The lowest BCUT2D eigenvalue weighted by Gasteiger charge is -2.09. The Morgan fingerprint density at radius 3 is 3.06 bits per heavy atom. The van der Waals surface area contributed by atoms with Crippen molar-refractivity contribution in [1.82, 2.24) is 9.55 Å². The van der Waals surface area contributed by atoms with E-state index in [0.717, 1.165) is 32.3 Å². The molecule has 0 amide bonds. The van der Waals surface area contributed by atoms with Gasteiger partial charge in [0.15, 0.2) is 0 Å². The van der Waals surface area contributed by atoms with Crippen LogP contribution in [0.4, 0.5) is 0 Å². The molecule has 2 heterocycles. The second-order valence-corrected chi connectivity index (χ2v) is 5.37. The van der Waals surface area contributed by atoms with Gasteiger partial charge in [-0.15, -0.1) is 0 Å². The molecule has 6 heteroatoms. The summed E-state index contributed by atoms with van der Waals surface area (Å²) in [5, 5.41) is 0. The average molecular weight is 350 g/mol. The first-order chi connectivity index (χ1) is 8.16. The Morgan fingerprint density at radius 1 is 1.53 bits per heavy atom. The summed E-state index contributed by atoms with van der Waals surface area (Å²) in [4.78, 5) is 25.0. The molecule has 1 aliphatic rings. The first-order valence-electron chi connectivity index (χ1n) is 5.77. The average Bonchev–Trinajstić information content (AvgIpc) is 2.78. The Morgan fingerprint density at radius 2 is 2.35 bits per heavy atom. The first kappa shape index (κ1) is 12.8. The Bertz CT molecular complexity index is 488. The Balaban J connectivity index is 1.92. The number of halogens is 1. The molecular formula is C11H15IN2O3. The van der Waals surface area contributed by atoms with Gasteiger partial charge in [-0.1, -0.05) is 0 Å². The molecule has 0 saturated carbocycles. The maximum Gasteiger partial charge on any atom is 0.328 e. The highest BCUT2D eigenvalue weighted by molar-refractivity contribution is 14.1. The highest BCUT2D eigenvalue weighted by Crippen LogP contribution is 2.16. The third-order valence-corrected chi connectivity index (χ3v) is 3.68. The van der Waals surface area contributed by atoms with Crippen LogP contribution in [0.5, 0.6) is 0 Å². The van der Waals surface area contributed by atoms with Gasteiger partial charge in [-0.25, -0.2) is 4.79 Å². The second kappa shape index (κ2) is 5.81. The molecule has 1 fully saturated rings. The van der Waals surface area contributed by atoms with Crippen LogP contribution in [0.25, 0.3) is 0 Å². The van der Waals surface area contributed by atoms with E-state index in [9.17, 15) is 9.59 Å². The van der Waals surface area contributed by atoms with E-state index in [2.05, 4.69) is 4.98 Å². The monoisotopic (exact) mass is 350 g/mol. The zero-order valence-electron chi connectivity index (χ0n) is 9.45. The van der Waals surface area contributed by atoms with E-state index in [1.54, 1.807) is 10.8 Å². The van der Waals surface area contributed by atoms with Gasteiger partial charge in [0, 0.05) is 19.3 Å². The van der Waals surface area contributed by atoms with Crippen molar-refractivity contribution in [1.29, 1.82) is 0 Å². The minimum Gasteiger partial charge on any atom is -0.378 e. The van der Waals surface area contributed by atoms with Gasteiger partial charge in [0.2, 0.25) is 0 Å². The maximum atomic E-state index is 11.5. The van der Waals surface area contributed by atoms with Crippen molar-refractivity contribution in [2.75, 3.05) is 6.61 Å². The number of H-pyrrole nitrogens is 1. The molecule has 1 unspecified atom stereocenters. The molecule has 1 aromatic heterocycles. The van der Waals surface area contributed by atoms with Crippen LogP contribution in [0.15, 0.2) is 15.8 Å². The summed E-state index contributed by atoms with van der Waals surface area (Å²) in [7, 11) is 0. The predicted octanol–water partition coefficient (Wildman–Crippen LogP) is 1.10. The lowest BCUT2D eigenvalue weighted by atomic mass is 10.1. The van der Waals surface area contributed by atoms with Crippen molar-refractivity contribution in [3.05, 3.63) is 30.6 Å². The van der Waals surface area contributed by atoms with E-state index in [-0.39, 0.29) is 11.2 Å². The molecule has 0 bridgehead atoms. The van der Waals surface area contributed by atoms with Crippen LogP contribution in [-0.4, -0.2) is 22.3 Å². The topological polar surface area (TPSA) is 64.1 Å². The predicted molar refractivity (Wildman–Crippen MR) is 72.2 cm³/mol. The van der Waals surface area contributed by atoms with E-state index >= 15 is 0 Å². The molecule has 0 radical (unpaired) electrons. The van der Waals surface area contributed by atoms with Gasteiger partial charge < -0.3 is 4.74 Å². The summed E-state index contributed by atoms with van der Waals surface area (Å²) in [6, 6.07) is 0. The molecule has 0 aliphatic carbocycles. The molecule has 0 aromatic carbocycles. The van der Waals surface area contributed by atoms with Crippen LogP contribution in [-0.2, 0) is 11.3 Å². The van der Waals surface area contributed by atoms with Crippen LogP contribution in [0, 0.1) is 3.57 Å². The molecule has 1 saturated heterocycles. The van der Waals surface area contributed by atoms with Crippen molar-refractivity contribution in [2.24, 2.45) is 0 Å². The third kappa shape index (κ3) is 3.41. The minimum absolute atomic E-state index is 0.314. The largest absolute Gasteiger partial charge is 0.378 e. The Hall–Kier alpha value is -0.630. The fourth-order valence-corrected chi connectivity index (χ4v) is 2.48. The first-order valence-corrected chi connectivity index (χ1v) is 6.85. The lowest BCUT2D eigenvalue weighted by molar-refractivity contribution is 0.101. The van der Waals surface area contributed by atoms with Gasteiger partial charge >= 0.3 is 5.69 Å². The Kier molecular flexibility index (Phi) is 4.38. The van der Waals surface area contributed by atoms with Crippen molar-refractivity contribution in [3.63, 3.8) is 0 Å². The number of aryl methyl sites for hydroxylation is 1. The van der Waals surface area contributed by atoms with Crippen LogP contribution < -0.4 is 11.2 Å². The number of nitrogens with one attached hydrogen (secondary N) is 1. The van der Waals surface area contributed by atoms with E-state index in [1.165, 1.54) is 0 Å². The van der Waals surface area contributed by atoms with Crippen molar-refractivity contribution >= 4 is 22.6 Å². The van der Waals surface area contributed by atoms with E-state index in [1.807, 2.05) is 22.6 Å². The molecule has 2 rings (SSSR count). The molecule has 1 atom stereocenters. The van der Waals surface area contributed by atoms with Gasteiger partial charge in [0.05, 0.1) is 9.67 Å². The molecule has 1 aromatic rings. The van der Waals surface area contributed by atoms with Gasteiger partial charge in [-0.3, -0.25) is 14.3 Å². The van der Waals surface area contributed by atoms with Crippen molar-refractivity contribution < 1.29 is 4.74 Å². The summed E-state index contributed by atoms with van der Waals surface area (Å²) in [6.45, 7) is 1.49. The molecule has 5 nitrogen and oxygen atoms in total. The summed E-state index contributed by atoms with van der Waals surface area (Å²) in [5.74, 6) is 0. The maximum absolute atomic E-state index is 11.5. The summed E-state index contributed by atoms with van der Waals surface area (Å²) >= 11 is 1.93. The van der Waals surface area contributed by atoms with Gasteiger partial charge in [-0.2, -0.15) is 0 Å². The van der Waals surface area contributed by atoms with Crippen molar-refractivity contribution in [2.45, 2.75) is 38.3 Å². The molecule has 17 heavy (non-hydrogen) atoms. The second-order valence-electron chi connectivity index (χ2n) is 4.21. The lowest BCUT2D eigenvalue weighted by Crippen LogP contribution is -2.31. The fraction of sp³-hybridized carbons (Fsp3) is 0.636. The number of nitrogens with zero attached hydrogens (tertiary/aromatic N) is 1. The quantitative estimate of drug-likeness (QED) is 0.828.